The van der Waals surface area contributed by atoms with Crippen LogP contribution < -0.4 is 21.1 Å². The molecule has 1 atom stereocenters. The third kappa shape index (κ3) is 6.39. The number of aliphatic hydroxyl groups excluding tert-OH is 1. The van der Waals surface area contributed by atoms with Crippen LogP contribution >= 0.6 is 0 Å². The van der Waals surface area contributed by atoms with Gasteiger partial charge >= 0.3 is 0 Å². The van der Waals surface area contributed by atoms with Crippen molar-refractivity contribution in [2.24, 2.45) is 0 Å². The van der Waals surface area contributed by atoms with Crippen molar-refractivity contribution in [1.29, 1.82) is 0 Å². The first-order valence-corrected chi connectivity index (χ1v) is 14.4. The number of nitrogens with zero attached hydrogens (tertiary/aromatic N) is 3. The van der Waals surface area contributed by atoms with Crippen LogP contribution in [0.15, 0.2) is 36.4 Å². The lowest BCUT2D eigenvalue weighted by Crippen LogP contribution is -2.46. The lowest BCUT2D eigenvalue weighted by molar-refractivity contribution is 0.0446. The Morgan fingerprint density at radius 2 is 1.98 bits per heavy atom. The van der Waals surface area contributed by atoms with Crippen LogP contribution in [-0.2, 0) is 17.8 Å². The van der Waals surface area contributed by atoms with E-state index >= 15 is 0 Å². The summed E-state index contributed by atoms with van der Waals surface area (Å²) in [4.78, 5) is 9.14. The number of fused-ring (bicyclic) bond motifs is 3. The molecule has 3 heterocycles. The molecule has 1 aliphatic rings. The number of benzene rings is 2. The van der Waals surface area contributed by atoms with Crippen molar-refractivity contribution in [1.82, 2.24) is 19.9 Å². The molecule has 0 amide bonds. The minimum absolute atomic E-state index is 0.00110. The Bertz CT molecular complexity index is 1490. The summed E-state index contributed by atoms with van der Waals surface area (Å²) in [6, 6.07) is 11.0. The number of aromatic nitrogens is 3. The summed E-state index contributed by atoms with van der Waals surface area (Å²) in [5.74, 6) is 1.09. The van der Waals surface area contributed by atoms with Crippen molar-refractivity contribution in [3.63, 3.8) is 0 Å². The number of nitrogens with two attached hydrogens (primary N) is 1. The highest BCUT2D eigenvalue weighted by Gasteiger charge is 2.27. The molecule has 1 fully saturated rings. The molecule has 2 aromatic heterocycles. The van der Waals surface area contributed by atoms with Crippen LogP contribution in [0.3, 0.4) is 0 Å². The van der Waals surface area contributed by atoms with E-state index in [1.807, 2.05) is 6.07 Å². The van der Waals surface area contributed by atoms with Gasteiger partial charge in [0, 0.05) is 48.9 Å². The minimum Gasteiger partial charge on any atom is -0.496 e. The maximum Gasteiger partial charge on any atom is 0.222 e. The number of anilines is 2. The lowest BCUT2D eigenvalue weighted by Gasteiger charge is -2.34. The average Bonchev–Trinajstić information content (AvgIpc) is 3.25. The quantitative estimate of drug-likeness (QED) is 0.190. The molecule has 41 heavy (non-hydrogen) atoms. The van der Waals surface area contributed by atoms with Gasteiger partial charge < -0.3 is 35.5 Å². The van der Waals surface area contributed by atoms with Gasteiger partial charge in [0.25, 0.3) is 0 Å². The zero-order valence-electron chi connectivity index (χ0n) is 24.2. The summed E-state index contributed by atoms with van der Waals surface area (Å²) in [7, 11) is 1.67. The first-order valence-electron chi connectivity index (χ1n) is 14.4. The molecular weight excluding hydrogens is 523 g/mol. The molecule has 10 heteroatoms. The van der Waals surface area contributed by atoms with Crippen molar-refractivity contribution in [3.8, 4) is 5.75 Å². The molecular formula is C31H41FN6O3. The van der Waals surface area contributed by atoms with Crippen LogP contribution in [0, 0.1) is 5.82 Å². The Morgan fingerprint density at radius 3 is 2.71 bits per heavy atom. The Morgan fingerprint density at radius 1 is 1.17 bits per heavy atom. The highest BCUT2D eigenvalue weighted by atomic mass is 19.1. The predicted octanol–water partition coefficient (Wildman–Crippen LogP) is 4.98. The fourth-order valence-corrected chi connectivity index (χ4v) is 5.77. The number of halogens is 1. The van der Waals surface area contributed by atoms with Gasteiger partial charge in [-0.1, -0.05) is 19.4 Å². The second-order valence-electron chi connectivity index (χ2n) is 11.2. The number of nitrogen functional groups attached to an aromatic ring is 1. The molecule has 0 unspecified atom stereocenters. The highest BCUT2D eigenvalue weighted by Crippen LogP contribution is 2.35. The van der Waals surface area contributed by atoms with E-state index in [-0.39, 0.29) is 30.0 Å². The van der Waals surface area contributed by atoms with E-state index in [2.05, 4.69) is 51.1 Å². The van der Waals surface area contributed by atoms with Gasteiger partial charge in [-0.3, -0.25) is 0 Å². The van der Waals surface area contributed by atoms with E-state index < -0.39 is 0 Å². The van der Waals surface area contributed by atoms with E-state index in [1.165, 1.54) is 12.1 Å². The molecule has 0 radical (unpaired) electrons. The number of nitrogens with one attached hydrogen (secondary N) is 2. The van der Waals surface area contributed by atoms with Crippen LogP contribution in [-0.4, -0.2) is 58.2 Å². The number of hydrogen-bond acceptors (Lipinski definition) is 8. The maximum absolute atomic E-state index is 14.5. The van der Waals surface area contributed by atoms with Crippen molar-refractivity contribution in [3.05, 3.63) is 53.3 Å². The Balaban J connectivity index is 1.58. The van der Waals surface area contributed by atoms with Gasteiger partial charge in [0.15, 0.2) is 5.82 Å². The van der Waals surface area contributed by atoms with E-state index in [0.717, 1.165) is 73.4 Å². The molecule has 4 aromatic rings. The molecule has 0 spiro atoms. The molecule has 0 bridgehead atoms. The number of rotatable bonds is 12. The number of aliphatic hydroxyl groups is 1. The van der Waals surface area contributed by atoms with Crippen molar-refractivity contribution < 1.29 is 19.0 Å². The number of ether oxygens (including phenoxy) is 2. The number of hydrogen-bond donors (Lipinski definition) is 4. The topological polar surface area (TPSA) is 119 Å². The molecule has 1 saturated heterocycles. The standard InChI is InChI=1S/C31H41FN6O3/c1-4-5-23(10-13-39)35-29-28-27(36-30(33)37-29)24-17-22(32)7-8-25(24)38(28)19-21-16-20(6-9-26(21)40-3)18-34-31(2)11-14-41-15-12-31/h6-9,16-17,23,34,39H,4-5,10-15,18-19H2,1-3H3,(H3,33,35,36,37)/t23-/m0/s1. The number of methoxy groups -OCH3 is 1. The molecule has 5 N–H and O–H groups in total. The monoisotopic (exact) mass is 564 g/mol. The summed E-state index contributed by atoms with van der Waals surface area (Å²) in [5.41, 5.74) is 10.5. The van der Waals surface area contributed by atoms with Crippen LogP contribution in [0.4, 0.5) is 16.2 Å². The lowest BCUT2D eigenvalue weighted by atomic mass is 9.92. The van der Waals surface area contributed by atoms with E-state index in [9.17, 15) is 9.50 Å². The predicted molar refractivity (Wildman–Crippen MR) is 161 cm³/mol. The molecule has 1 aliphatic heterocycles. The van der Waals surface area contributed by atoms with Crippen LogP contribution in [0.25, 0.3) is 21.9 Å². The van der Waals surface area contributed by atoms with E-state index in [1.54, 1.807) is 13.2 Å². The van der Waals surface area contributed by atoms with E-state index in [0.29, 0.717) is 29.7 Å². The fourth-order valence-electron chi connectivity index (χ4n) is 5.77. The van der Waals surface area contributed by atoms with Crippen LogP contribution in [0.5, 0.6) is 5.75 Å². The fraction of sp³-hybridized carbons (Fsp3) is 0.484. The van der Waals surface area contributed by atoms with Crippen LogP contribution in [0.1, 0.15) is 57.1 Å². The summed E-state index contributed by atoms with van der Waals surface area (Å²) < 4.78 is 27.9. The van der Waals surface area contributed by atoms with Crippen molar-refractivity contribution in [2.75, 3.05) is 38.0 Å². The summed E-state index contributed by atoms with van der Waals surface area (Å²) >= 11 is 0. The summed E-state index contributed by atoms with van der Waals surface area (Å²) in [6.45, 7) is 7.12. The summed E-state index contributed by atoms with van der Waals surface area (Å²) in [5, 5.41) is 17.6. The largest absolute Gasteiger partial charge is 0.496 e. The van der Waals surface area contributed by atoms with E-state index in [4.69, 9.17) is 15.2 Å². The van der Waals surface area contributed by atoms with Gasteiger partial charge in [-0.05, 0) is 68.5 Å². The molecule has 0 saturated carbocycles. The van der Waals surface area contributed by atoms with Gasteiger partial charge in [-0.2, -0.15) is 4.98 Å². The van der Waals surface area contributed by atoms with Crippen molar-refractivity contribution in [2.45, 2.75) is 70.6 Å². The van der Waals surface area contributed by atoms with Gasteiger partial charge in [0.1, 0.15) is 22.6 Å². The minimum atomic E-state index is -0.348. The molecule has 2 aromatic carbocycles. The second-order valence-corrected chi connectivity index (χ2v) is 11.2. The Labute approximate surface area is 240 Å². The molecule has 220 valence electrons. The summed E-state index contributed by atoms with van der Waals surface area (Å²) in [6.07, 6.45) is 4.32. The maximum atomic E-state index is 14.5. The van der Waals surface area contributed by atoms with Gasteiger partial charge in [-0.15, -0.1) is 0 Å². The first kappa shape index (κ1) is 29.0. The highest BCUT2D eigenvalue weighted by molar-refractivity contribution is 6.09. The zero-order chi connectivity index (χ0) is 29.0. The van der Waals surface area contributed by atoms with Crippen LogP contribution in [0.2, 0.25) is 0 Å². The molecule has 9 nitrogen and oxygen atoms in total. The van der Waals surface area contributed by atoms with Gasteiger partial charge in [-0.25, -0.2) is 9.37 Å². The van der Waals surface area contributed by atoms with Gasteiger partial charge in [0.2, 0.25) is 5.95 Å². The average molecular weight is 565 g/mol. The molecule has 0 aliphatic carbocycles. The second kappa shape index (κ2) is 12.6. The SMILES string of the molecule is CCC[C@@H](CCO)Nc1nc(N)nc2c3cc(F)ccc3n(Cc3cc(CNC4(C)CCOCC4)ccc3OC)c12. The third-order valence-electron chi connectivity index (χ3n) is 8.12. The first-order chi connectivity index (χ1) is 19.8. The molecule has 5 rings (SSSR count). The Hall–Kier alpha value is -3.47. The third-order valence-corrected chi connectivity index (χ3v) is 8.12. The van der Waals surface area contributed by atoms with Gasteiger partial charge in [0.05, 0.1) is 19.2 Å². The normalized spacial score (nSPS) is 15.8. The zero-order valence-corrected chi connectivity index (χ0v) is 24.2. The van der Waals surface area contributed by atoms with Crippen molar-refractivity contribution >= 4 is 33.7 Å². The smallest absolute Gasteiger partial charge is 0.222 e. The Kier molecular flexibility index (Phi) is 8.91.